The van der Waals surface area contributed by atoms with Crippen molar-refractivity contribution < 1.29 is 19.3 Å². The van der Waals surface area contributed by atoms with Gasteiger partial charge in [0.15, 0.2) is 0 Å². The lowest BCUT2D eigenvalue weighted by atomic mass is 10.1. The van der Waals surface area contributed by atoms with Crippen LogP contribution in [0.1, 0.15) is 34.1 Å². The molecule has 0 aliphatic rings. The van der Waals surface area contributed by atoms with E-state index in [0.717, 1.165) is 19.5 Å². The molecule has 0 unspecified atom stereocenters. The predicted molar refractivity (Wildman–Crippen MR) is 86.5 cm³/mol. The molecule has 6 nitrogen and oxygen atoms in total. The van der Waals surface area contributed by atoms with Crippen LogP contribution >= 0.6 is 0 Å². The zero-order chi connectivity index (χ0) is 17.1. The van der Waals surface area contributed by atoms with Gasteiger partial charge < -0.3 is 10.2 Å². The number of hydrogen-bond donors (Lipinski definition) is 2. The topological polar surface area (TPSA) is 58.1 Å². The summed E-state index contributed by atoms with van der Waals surface area (Å²) in [5, 5.41) is 19.7. The second-order valence-corrected chi connectivity index (χ2v) is 7.63. The van der Waals surface area contributed by atoms with Crippen LogP contribution in [-0.2, 0) is 26.2 Å². The minimum Gasteiger partial charge on any atom is -0.386 e. The van der Waals surface area contributed by atoms with Crippen molar-refractivity contribution in [2.45, 2.75) is 71.5 Å². The molecular formula is C17H30N4O2+2. The Hall–Kier alpha value is -1.66. The first-order valence-corrected chi connectivity index (χ1v) is 8.15. The van der Waals surface area contributed by atoms with E-state index in [0.29, 0.717) is 13.1 Å². The first kappa shape index (κ1) is 17.7. The third kappa shape index (κ3) is 6.54. The Morgan fingerprint density at radius 1 is 0.783 bits per heavy atom. The fourth-order valence-corrected chi connectivity index (χ4v) is 2.66. The van der Waals surface area contributed by atoms with Crippen molar-refractivity contribution in [2.75, 3.05) is 0 Å². The summed E-state index contributed by atoms with van der Waals surface area (Å²) in [6.45, 7) is 10.3. The van der Waals surface area contributed by atoms with Crippen LogP contribution in [0.4, 0.5) is 0 Å². The van der Waals surface area contributed by atoms with Gasteiger partial charge in [0.2, 0.25) is 12.7 Å². The summed E-state index contributed by atoms with van der Waals surface area (Å²) in [6, 6.07) is 0. The average molecular weight is 322 g/mol. The highest BCUT2D eigenvalue weighted by Gasteiger charge is 2.18. The summed E-state index contributed by atoms with van der Waals surface area (Å²) in [5.41, 5.74) is -1.40. The molecule has 0 atom stereocenters. The van der Waals surface area contributed by atoms with Crippen molar-refractivity contribution in [3.05, 3.63) is 37.4 Å². The number of hydrogen-bond acceptors (Lipinski definition) is 2. The van der Waals surface area contributed by atoms with E-state index in [1.54, 1.807) is 0 Å². The molecule has 0 aliphatic carbocycles. The van der Waals surface area contributed by atoms with Crippen LogP contribution in [0, 0.1) is 0 Å². The van der Waals surface area contributed by atoms with Gasteiger partial charge in [0, 0.05) is 6.42 Å². The Morgan fingerprint density at radius 3 is 1.52 bits per heavy atom. The van der Waals surface area contributed by atoms with E-state index < -0.39 is 11.2 Å². The van der Waals surface area contributed by atoms with Gasteiger partial charge in [0.25, 0.3) is 0 Å². The Labute approximate surface area is 138 Å². The van der Waals surface area contributed by atoms with Crippen molar-refractivity contribution in [2.24, 2.45) is 0 Å². The van der Waals surface area contributed by atoms with Crippen LogP contribution in [0.5, 0.6) is 0 Å². The summed E-state index contributed by atoms with van der Waals surface area (Å²) < 4.78 is 8.29. The van der Waals surface area contributed by atoms with Gasteiger partial charge in [-0.1, -0.05) is 0 Å². The second kappa shape index (κ2) is 6.84. The molecule has 0 saturated carbocycles. The molecule has 6 heteroatoms. The van der Waals surface area contributed by atoms with Crippen LogP contribution in [0.15, 0.2) is 37.4 Å². The number of aromatic nitrogens is 4. The van der Waals surface area contributed by atoms with Crippen molar-refractivity contribution >= 4 is 0 Å². The molecule has 0 aliphatic heterocycles. The Morgan fingerprint density at radius 2 is 1.17 bits per heavy atom. The monoisotopic (exact) mass is 322 g/mol. The largest absolute Gasteiger partial charge is 0.386 e. The second-order valence-electron chi connectivity index (χ2n) is 7.63. The maximum absolute atomic E-state index is 9.83. The van der Waals surface area contributed by atoms with Gasteiger partial charge in [-0.25, -0.2) is 18.3 Å². The zero-order valence-corrected chi connectivity index (χ0v) is 14.7. The van der Waals surface area contributed by atoms with Crippen LogP contribution in [0.3, 0.4) is 0 Å². The average Bonchev–Trinajstić information content (AvgIpc) is 2.95. The van der Waals surface area contributed by atoms with Gasteiger partial charge in [0.05, 0.1) is 24.3 Å². The first-order valence-electron chi connectivity index (χ1n) is 8.15. The molecule has 2 heterocycles. The van der Waals surface area contributed by atoms with Crippen molar-refractivity contribution in [3.8, 4) is 0 Å². The Kier molecular flexibility index (Phi) is 5.26. The maximum Gasteiger partial charge on any atom is 0.243 e. The van der Waals surface area contributed by atoms with E-state index >= 15 is 0 Å². The van der Waals surface area contributed by atoms with E-state index in [9.17, 15) is 10.2 Å². The SMILES string of the molecule is CC(C)(O)C[n+]1ccn(CCCn2cc[n+](CC(C)(C)O)c2)c1. The molecule has 0 saturated heterocycles. The normalized spacial score (nSPS) is 12.8. The molecule has 128 valence electrons. The van der Waals surface area contributed by atoms with Crippen molar-refractivity contribution in [1.29, 1.82) is 0 Å². The molecule has 0 amide bonds. The maximum atomic E-state index is 9.83. The summed E-state index contributed by atoms with van der Waals surface area (Å²) >= 11 is 0. The summed E-state index contributed by atoms with van der Waals surface area (Å²) in [7, 11) is 0. The van der Waals surface area contributed by atoms with Gasteiger partial charge in [-0.2, -0.15) is 0 Å². The van der Waals surface area contributed by atoms with E-state index in [2.05, 4.69) is 9.13 Å². The number of aryl methyl sites for hydroxylation is 2. The third-order valence-corrected chi connectivity index (χ3v) is 3.46. The number of imidazole rings is 2. The van der Waals surface area contributed by atoms with E-state index in [1.807, 2.05) is 74.3 Å². The number of rotatable bonds is 8. The van der Waals surface area contributed by atoms with Gasteiger partial charge in [-0.05, 0) is 27.7 Å². The zero-order valence-electron chi connectivity index (χ0n) is 14.7. The van der Waals surface area contributed by atoms with E-state index in [-0.39, 0.29) is 0 Å². The minimum atomic E-state index is -0.698. The highest BCUT2D eigenvalue weighted by atomic mass is 16.3. The van der Waals surface area contributed by atoms with Crippen LogP contribution < -0.4 is 9.13 Å². The highest BCUT2D eigenvalue weighted by molar-refractivity contribution is 4.70. The van der Waals surface area contributed by atoms with Gasteiger partial charge >= 0.3 is 0 Å². The lowest BCUT2D eigenvalue weighted by molar-refractivity contribution is -0.708. The Bertz CT molecular complexity index is 563. The molecule has 2 N–H and O–H groups in total. The van der Waals surface area contributed by atoms with Crippen LogP contribution in [0.2, 0.25) is 0 Å². The molecule has 0 bridgehead atoms. The third-order valence-electron chi connectivity index (χ3n) is 3.46. The lowest BCUT2D eigenvalue weighted by Crippen LogP contribution is -2.43. The molecule has 23 heavy (non-hydrogen) atoms. The molecule has 2 aromatic heterocycles. The molecule has 0 spiro atoms. The Balaban J connectivity index is 1.79. The number of nitrogens with zero attached hydrogens (tertiary/aromatic N) is 4. The van der Waals surface area contributed by atoms with E-state index in [1.165, 1.54) is 0 Å². The summed E-state index contributed by atoms with van der Waals surface area (Å²) in [6.07, 6.45) is 13.1. The van der Waals surface area contributed by atoms with Crippen molar-refractivity contribution in [1.82, 2.24) is 9.13 Å². The molecule has 0 fully saturated rings. The standard InChI is InChI=1S/C17H30N4O2/c1-16(2,22)12-20-10-8-18(14-20)6-5-7-19-9-11-21(15-19)13-17(3,4)23/h8-11,14-15,22-23H,5-7,12-13H2,1-4H3/q+2. The molecule has 2 rings (SSSR count). The smallest absolute Gasteiger partial charge is 0.243 e. The van der Waals surface area contributed by atoms with Gasteiger partial charge in [-0.3, -0.25) is 0 Å². The van der Waals surface area contributed by atoms with Crippen molar-refractivity contribution in [3.63, 3.8) is 0 Å². The molecular weight excluding hydrogens is 292 g/mol. The summed E-state index contributed by atoms with van der Waals surface area (Å²) in [4.78, 5) is 0. The molecule has 0 radical (unpaired) electrons. The fourth-order valence-electron chi connectivity index (χ4n) is 2.66. The van der Waals surface area contributed by atoms with Crippen LogP contribution in [-0.4, -0.2) is 30.5 Å². The first-order chi connectivity index (χ1) is 10.6. The molecule has 0 aromatic carbocycles. The highest BCUT2D eigenvalue weighted by Crippen LogP contribution is 2.02. The van der Waals surface area contributed by atoms with Gasteiger partial charge in [-0.15, -0.1) is 0 Å². The number of aliphatic hydroxyl groups is 2. The lowest BCUT2D eigenvalue weighted by Gasteiger charge is -2.13. The van der Waals surface area contributed by atoms with Crippen LogP contribution in [0.25, 0.3) is 0 Å². The quantitative estimate of drug-likeness (QED) is 0.695. The van der Waals surface area contributed by atoms with Gasteiger partial charge in [0.1, 0.15) is 37.9 Å². The van der Waals surface area contributed by atoms with E-state index in [4.69, 9.17) is 0 Å². The fraction of sp³-hybridized carbons (Fsp3) is 0.647. The molecule has 2 aromatic rings. The summed E-state index contributed by atoms with van der Waals surface area (Å²) in [5.74, 6) is 0. The predicted octanol–water partition coefficient (Wildman–Crippen LogP) is 0.497. The minimum absolute atomic E-state index is 0.592.